The van der Waals surface area contributed by atoms with Gasteiger partial charge in [0.1, 0.15) is 18.8 Å². The number of rotatable bonds is 8. The maximum Gasteiger partial charge on any atom is 0.298 e. The van der Waals surface area contributed by atoms with E-state index in [1.165, 1.54) is 0 Å². The molecule has 0 radical (unpaired) electrons. The summed E-state index contributed by atoms with van der Waals surface area (Å²) in [5.74, 6) is 0.945. The minimum atomic E-state index is -0.729. The summed E-state index contributed by atoms with van der Waals surface area (Å²) in [6.07, 6.45) is 1.63. The van der Waals surface area contributed by atoms with E-state index in [4.69, 9.17) is 14.2 Å². The SMILES string of the molecule is O=COc1ccccc1OC[C@@H]1O[C@@H]1CN1CCC(O)(c2ccccc2)CC1. The molecule has 0 spiro atoms. The Morgan fingerprint density at radius 1 is 1.04 bits per heavy atom. The monoisotopic (exact) mass is 383 g/mol. The number of hydrogen-bond donors (Lipinski definition) is 1. The maximum atomic E-state index is 10.9. The van der Waals surface area contributed by atoms with E-state index in [9.17, 15) is 9.90 Å². The predicted octanol–water partition coefficient (Wildman–Crippen LogP) is 2.35. The molecule has 2 aliphatic rings. The number of ether oxygens (including phenoxy) is 3. The molecular formula is C22H25NO5. The highest BCUT2D eigenvalue weighted by Crippen LogP contribution is 2.34. The van der Waals surface area contributed by atoms with Crippen molar-refractivity contribution >= 4 is 6.47 Å². The molecule has 0 unspecified atom stereocenters. The molecule has 0 saturated carbocycles. The lowest BCUT2D eigenvalue weighted by molar-refractivity contribution is -0.120. The van der Waals surface area contributed by atoms with Crippen molar-refractivity contribution in [2.24, 2.45) is 0 Å². The minimum absolute atomic E-state index is 0.0409. The average Bonchev–Trinajstić information content (AvgIpc) is 3.48. The van der Waals surface area contributed by atoms with Gasteiger partial charge in [0.15, 0.2) is 11.5 Å². The molecule has 2 atom stereocenters. The van der Waals surface area contributed by atoms with Crippen molar-refractivity contribution in [2.75, 3.05) is 26.2 Å². The van der Waals surface area contributed by atoms with Crippen molar-refractivity contribution in [1.29, 1.82) is 0 Å². The largest absolute Gasteiger partial charge is 0.487 e. The van der Waals surface area contributed by atoms with Crippen molar-refractivity contribution < 1.29 is 24.1 Å². The molecule has 0 aliphatic carbocycles. The summed E-state index contributed by atoms with van der Waals surface area (Å²) in [6, 6.07) is 17.0. The molecule has 2 aromatic rings. The average molecular weight is 383 g/mol. The molecule has 148 valence electrons. The van der Waals surface area contributed by atoms with Gasteiger partial charge in [-0.2, -0.15) is 0 Å². The second-order valence-corrected chi connectivity index (χ2v) is 7.38. The van der Waals surface area contributed by atoms with E-state index >= 15 is 0 Å². The van der Waals surface area contributed by atoms with Gasteiger partial charge in [-0.05, 0) is 30.5 Å². The number of carbonyl (C=O) groups excluding carboxylic acids is 1. The lowest BCUT2D eigenvalue weighted by Crippen LogP contribution is -2.44. The van der Waals surface area contributed by atoms with Crippen molar-refractivity contribution in [2.45, 2.75) is 30.7 Å². The minimum Gasteiger partial charge on any atom is -0.487 e. The Labute approximate surface area is 164 Å². The highest BCUT2D eigenvalue weighted by atomic mass is 16.6. The lowest BCUT2D eigenvalue weighted by Gasteiger charge is -2.38. The van der Waals surface area contributed by atoms with Crippen LogP contribution in [-0.4, -0.2) is 54.9 Å². The fraction of sp³-hybridized carbons (Fsp3) is 0.409. The van der Waals surface area contributed by atoms with Crippen LogP contribution in [0.25, 0.3) is 0 Å². The summed E-state index contributed by atoms with van der Waals surface area (Å²) in [5.41, 5.74) is 0.271. The first-order chi connectivity index (χ1) is 13.7. The van der Waals surface area contributed by atoms with Gasteiger partial charge < -0.3 is 24.2 Å². The Hall–Kier alpha value is -2.41. The topological polar surface area (TPSA) is 71.5 Å². The number of likely N-dealkylation sites (tertiary alicyclic amines) is 1. The molecular weight excluding hydrogens is 358 g/mol. The summed E-state index contributed by atoms with van der Waals surface area (Å²) in [5, 5.41) is 10.9. The van der Waals surface area contributed by atoms with Gasteiger partial charge in [-0.25, -0.2) is 0 Å². The summed E-state index contributed by atoms with van der Waals surface area (Å²) in [7, 11) is 0. The fourth-order valence-electron chi connectivity index (χ4n) is 3.77. The number of aliphatic hydroxyl groups is 1. The molecule has 6 heteroatoms. The highest BCUT2D eigenvalue weighted by molar-refractivity contribution is 5.50. The zero-order chi connectivity index (χ0) is 19.4. The summed E-state index contributed by atoms with van der Waals surface area (Å²) >= 11 is 0. The molecule has 0 aromatic heterocycles. The van der Waals surface area contributed by atoms with E-state index in [0.29, 0.717) is 24.6 Å². The van der Waals surface area contributed by atoms with Gasteiger partial charge in [0.25, 0.3) is 6.47 Å². The Kier molecular flexibility index (Phi) is 5.62. The molecule has 0 bridgehead atoms. The lowest BCUT2D eigenvalue weighted by atomic mass is 9.84. The first-order valence-electron chi connectivity index (χ1n) is 9.66. The summed E-state index contributed by atoms with van der Waals surface area (Å²) < 4.78 is 16.4. The van der Waals surface area contributed by atoms with Crippen LogP contribution in [0.1, 0.15) is 18.4 Å². The second-order valence-electron chi connectivity index (χ2n) is 7.38. The smallest absolute Gasteiger partial charge is 0.298 e. The van der Waals surface area contributed by atoms with Gasteiger partial charge in [0.2, 0.25) is 0 Å². The van der Waals surface area contributed by atoms with Crippen molar-refractivity contribution in [1.82, 2.24) is 4.90 Å². The molecule has 0 amide bonds. The van der Waals surface area contributed by atoms with Gasteiger partial charge in [0.05, 0.1) is 5.60 Å². The quantitative estimate of drug-likeness (QED) is 0.557. The van der Waals surface area contributed by atoms with Crippen LogP contribution in [-0.2, 0) is 15.1 Å². The first-order valence-corrected chi connectivity index (χ1v) is 9.66. The molecule has 2 fully saturated rings. The molecule has 6 nitrogen and oxygen atoms in total. The molecule has 2 saturated heterocycles. The van der Waals surface area contributed by atoms with Crippen LogP contribution in [0, 0.1) is 0 Å². The molecule has 2 heterocycles. The normalized spacial score (nSPS) is 23.8. The predicted molar refractivity (Wildman–Crippen MR) is 103 cm³/mol. The third-order valence-electron chi connectivity index (χ3n) is 5.55. The zero-order valence-electron chi connectivity index (χ0n) is 15.7. The van der Waals surface area contributed by atoms with Crippen molar-refractivity contribution in [3.8, 4) is 11.5 Å². The number of carbonyl (C=O) groups is 1. The highest BCUT2D eigenvalue weighted by Gasteiger charge is 2.42. The second kappa shape index (κ2) is 8.31. The van der Waals surface area contributed by atoms with E-state index in [2.05, 4.69) is 4.90 Å². The van der Waals surface area contributed by atoms with E-state index in [0.717, 1.165) is 38.0 Å². The van der Waals surface area contributed by atoms with Crippen LogP contribution in [0.15, 0.2) is 54.6 Å². The van der Waals surface area contributed by atoms with E-state index in [1.54, 1.807) is 18.2 Å². The van der Waals surface area contributed by atoms with E-state index in [-0.39, 0.29) is 12.2 Å². The van der Waals surface area contributed by atoms with Crippen LogP contribution < -0.4 is 9.47 Å². The Bertz CT molecular complexity index is 789. The Balaban J connectivity index is 1.22. The van der Waals surface area contributed by atoms with Crippen LogP contribution in [0.5, 0.6) is 11.5 Å². The molecule has 2 aromatic carbocycles. The Morgan fingerprint density at radius 3 is 2.43 bits per heavy atom. The van der Waals surface area contributed by atoms with Gasteiger partial charge in [-0.15, -0.1) is 0 Å². The molecule has 4 rings (SSSR count). The molecule has 2 aliphatic heterocycles. The first kappa shape index (κ1) is 18.9. The maximum absolute atomic E-state index is 10.9. The number of nitrogens with zero attached hydrogens (tertiary/aromatic N) is 1. The fourth-order valence-corrected chi connectivity index (χ4v) is 3.77. The molecule has 28 heavy (non-hydrogen) atoms. The Morgan fingerprint density at radius 2 is 1.71 bits per heavy atom. The number of hydrogen-bond acceptors (Lipinski definition) is 6. The van der Waals surface area contributed by atoms with Crippen molar-refractivity contribution in [3.05, 3.63) is 60.2 Å². The third-order valence-corrected chi connectivity index (χ3v) is 5.55. The number of epoxide rings is 1. The van der Waals surface area contributed by atoms with Crippen LogP contribution >= 0.6 is 0 Å². The third kappa shape index (κ3) is 4.35. The van der Waals surface area contributed by atoms with Crippen LogP contribution in [0.2, 0.25) is 0 Å². The van der Waals surface area contributed by atoms with Crippen LogP contribution in [0.4, 0.5) is 0 Å². The number of benzene rings is 2. The van der Waals surface area contributed by atoms with E-state index in [1.807, 2.05) is 36.4 Å². The van der Waals surface area contributed by atoms with E-state index < -0.39 is 5.60 Å². The van der Waals surface area contributed by atoms with Crippen LogP contribution in [0.3, 0.4) is 0 Å². The van der Waals surface area contributed by atoms with Gasteiger partial charge in [0, 0.05) is 19.6 Å². The van der Waals surface area contributed by atoms with Gasteiger partial charge in [-0.3, -0.25) is 4.79 Å². The number of para-hydroxylation sites is 2. The molecule has 1 N–H and O–H groups in total. The zero-order valence-corrected chi connectivity index (χ0v) is 15.7. The van der Waals surface area contributed by atoms with Gasteiger partial charge in [-0.1, -0.05) is 42.5 Å². The standard InChI is InChI=1S/C22H25NO5/c24-16-27-19-9-5-4-8-18(19)26-15-21-20(28-21)14-23-12-10-22(25,11-13-23)17-6-2-1-3-7-17/h1-9,16,20-21,25H,10-15H2/t20-,21+/m1/s1. The summed E-state index contributed by atoms with van der Waals surface area (Å²) in [4.78, 5) is 12.9. The summed E-state index contributed by atoms with van der Waals surface area (Å²) in [6.45, 7) is 3.34. The van der Waals surface area contributed by atoms with Gasteiger partial charge >= 0.3 is 0 Å². The van der Waals surface area contributed by atoms with Crippen molar-refractivity contribution in [3.63, 3.8) is 0 Å². The number of piperidine rings is 1.